The lowest BCUT2D eigenvalue weighted by Gasteiger charge is -2.21. The van der Waals surface area contributed by atoms with E-state index in [2.05, 4.69) is 4.72 Å². The van der Waals surface area contributed by atoms with Crippen LogP contribution < -0.4 is 10.5 Å². The fraction of sp³-hybridized carbons (Fsp3) is 0.571. The van der Waals surface area contributed by atoms with Gasteiger partial charge in [0.25, 0.3) is 0 Å². The van der Waals surface area contributed by atoms with Crippen molar-refractivity contribution in [1.82, 2.24) is 4.72 Å². The SMILES string of the molecule is Nc1ccc(CS(=O)(=O)NCC2CCCCC2)cc1. The maximum Gasteiger partial charge on any atom is 0.215 e. The molecule has 1 aliphatic rings. The number of sulfonamides is 1. The average Bonchev–Trinajstić information content (AvgIpc) is 2.40. The maximum absolute atomic E-state index is 12.0. The van der Waals surface area contributed by atoms with Gasteiger partial charge in [-0.1, -0.05) is 31.4 Å². The summed E-state index contributed by atoms with van der Waals surface area (Å²) < 4.78 is 26.7. The van der Waals surface area contributed by atoms with Gasteiger partial charge in [-0.2, -0.15) is 0 Å². The van der Waals surface area contributed by atoms with Crippen LogP contribution in [0, 0.1) is 5.92 Å². The van der Waals surface area contributed by atoms with Gasteiger partial charge in [0.1, 0.15) is 0 Å². The van der Waals surface area contributed by atoms with Crippen molar-refractivity contribution in [3.05, 3.63) is 29.8 Å². The van der Waals surface area contributed by atoms with E-state index in [1.54, 1.807) is 24.3 Å². The number of anilines is 1. The van der Waals surface area contributed by atoms with Gasteiger partial charge < -0.3 is 5.73 Å². The van der Waals surface area contributed by atoms with E-state index >= 15 is 0 Å². The summed E-state index contributed by atoms with van der Waals surface area (Å²) in [6, 6.07) is 6.97. The molecule has 0 aromatic heterocycles. The lowest BCUT2D eigenvalue weighted by atomic mass is 9.90. The van der Waals surface area contributed by atoms with E-state index in [0.717, 1.165) is 18.4 Å². The molecular weight excluding hydrogens is 260 g/mol. The highest BCUT2D eigenvalue weighted by Crippen LogP contribution is 2.23. The van der Waals surface area contributed by atoms with E-state index in [4.69, 9.17) is 5.73 Å². The largest absolute Gasteiger partial charge is 0.399 e. The summed E-state index contributed by atoms with van der Waals surface area (Å²) >= 11 is 0. The third-order valence-electron chi connectivity index (χ3n) is 3.65. The lowest BCUT2D eigenvalue weighted by molar-refractivity contribution is 0.357. The van der Waals surface area contributed by atoms with Crippen LogP contribution in [0.25, 0.3) is 0 Å². The molecule has 1 aliphatic carbocycles. The van der Waals surface area contributed by atoms with Gasteiger partial charge in [-0.15, -0.1) is 0 Å². The highest BCUT2D eigenvalue weighted by molar-refractivity contribution is 7.88. The van der Waals surface area contributed by atoms with Crippen molar-refractivity contribution >= 4 is 15.7 Å². The minimum Gasteiger partial charge on any atom is -0.399 e. The summed E-state index contributed by atoms with van der Waals surface area (Å²) in [6.07, 6.45) is 6.03. The molecule has 1 fully saturated rings. The molecule has 106 valence electrons. The Morgan fingerprint density at radius 1 is 1.11 bits per heavy atom. The molecule has 1 aromatic rings. The molecule has 19 heavy (non-hydrogen) atoms. The van der Waals surface area contributed by atoms with Crippen molar-refractivity contribution < 1.29 is 8.42 Å². The molecule has 3 N–H and O–H groups in total. The van der Waals surface area contributed by atoms with Crippen LogP contribution in [0.15, 0.2) is 24.3 Å². The molecule has 0 unspecified atom stereocenters. The minimum absolute atomic E-state index is 0.0278. The van der Waals surface area contributed by atoms with Crippen LogP contribution in [0.4, 0.5) is 5.69 Å². The lowest BCUT2D eigenvalue weighted by Crippen LogP contribution is -2.31. The summed E-state index contributed by atoms with van der Waals surface area (Å²) in [6.45, 7) is 0.581. The van der Waals surface area contributed by atoms with Crippen molar-refractivity contribution in [3.8, 4) is 0 Å². The van der Waals surface area contributed by atoms with Gasteiger partial charge in [-0.25, -0.2) is 13.1 Å². The Bertz CT molecular complexity index is 491. The normalized spacial score (nSPS) is 17.5. The number of nitrogens with two attached hydrogens (primary N) is 1. The zero-order valence-electron chi connectivity index (χ0n) is 11.1. The highest BCUT2D eigenvalue weighted by Gasteiger charge is 2.17. The molecule has 2 rings (SSSR count). The summed E-state index contributed by atoms with van der Waals surface area (Å²) in [5.74, 6) is 0.537. The maximum atomic E-state index is 12.0. The molecule has 0 atom stereocenters. The van der Waals surface area contributed by atoms with Crippen molar-refractivity contribution in [1.29, 1.82) is 0 Å². The Morgan fingerprint density at radius 3 is 2.37 bits per heavy atom. The smallest absolute Gasteiger partial charge is 0.215 e. The third-order valence-corrected chi connectivity index (χ3v) is 4.97. The van der Waals surface area contributed by atoms with Gasteiger partial charge in [-0.05, 0) is 36.5 Å². The highest BCUT2D eigenvalue weighted by atomic mass is 32.2. The first-order chi connectivity index (χ1) is 9.05. The first-order valence-corrected chi connectivity index (χ1v) is 8.52. The first kappa shape index (κ1) is 14.3. The molecule has 0 radical (unpaired) electrons. The summed E-state index contributed by atoms with van der Waals surface area (Å²) in [7, 11) is -3.24. The van der Waals surface area contributed by atoms with Crippen LogP contribution in [-0.2, 0) is 15.8 Å². The van der Waals surface area contributed by atoms with Gasteiger partial charge in [0, 0.05) is 12.2 Å². The quantitative estimate of drug-likeness (QED) is 0.814. The van der Waals surface area contributed by atoms with Crippen LogP contribution in [0.3, 0.4) is 0 Å². The fourth-order valence-electron chi connectivity index (χ4n) is 2.52. The average molecular weight is 282 g/mol. The van der Waals surface area contributed by atoms with Crippen LogP contribution in [0.5, 0.6) is 0 Å². The third kappa shape index (κ3) is 4.84. The molecule has 0 spiro atoms. The van der Waals surface area contributed by atoms with E-state index in [0.29, 0.717) is 18.2 Å². The van der Waals surface area contributed by atoms with Gasteiger partial charge in [0.2, 0.25) is 10.0 Å². The Morgan fingerprint density at radius 2 is 1.74 bits per heavy atom. The number of hydrogen-bond donors (Lipinski definition) is 2. The monoisotopic (exact) mass is 282 g/mol. The topological polar surface area (TPSA) is 72.2 Å². The number of hydrogen-bond acceptors (Lipinski definition) is 3. The molecule has 0 saturated heterocycles. The van der Waals surface area contributed by atoms with Gasteiger partial charge in [-0.3, -0.25) is 0 Å². The molecule has 5 heteroatoms. The molecule has 0 aliphatic heterocycles. The summed E-state index contributed by atoms with van der Waals surface area (Å²) in [5.41, 5.74) is 7.00. The Balaban J connectivity index is 1.85. The molecule has 1 aromatic carbocycles. The van der Waals surface area contributed by atoms with Crippen molar-refractivity contribution in [2.24, 2.45) is 5.92 Å². The summed E-state index contributed by atoms with van der Waals surface area (Å²) in [5, 5.41) is 0. The van der Waals surface area contributed by atoms with E-state index in [-0.39, 0.29) is 5.75 Å². The van der Waals surface area contributed by atoms with E-state index < -0.39 is 10.0 Å². The van der Waals surface area contributed by atoms with Crippen LogP contribution in [0.1, 0.15) is 37.7 Å². The second-order valence-corrected chi connectivity index (χ2v) is 7.16. The molecule has 0 bridgehead atoms. The number of benzene rings is 1. The van der Waals surface area contributed by atoms with E-state index in [9.17, 15) is 8.42 Å². The Hall–Kier alpha value is -1.07. The molecule has 4 nitrogen and oxygen atoms in total. The van der Waals surface area contributed by atoms with Crippen molar-refractivity contribution in [2.75, 3.05) is 12.3 Å². The minimum atomic E-state index is -3.24. The number of rotatable bonds is 5. The molecule has 0 heterocycles. The van der Waals surface area contributed by atoms with Gasteiger partial charge >= 0.3 is 0 Å². The predicted octanol–water partition coefficient (Wildman–Crippen LogP) is 2.27. The number of nitrogen functional groups attached to an aromatic ring is 1. The summed E-state index contributed by atoms with van der Waals surface area (Å²) in [4.78, 5) is 0. The van der Waals surface area contributed by atoms with Crippen molar-refractivity contribution in [3.63, 3.8) is 0 Å². The van der Waals surface area contributed by atoms with E-state index in [1.807, 2.05) is 0 Å². The van der Waals surface area contributed by atoms with Gasteiger partial charge in [0.05, 0.1) is 5.75 Å². The molecule has 1 saturated carbocycles. The van der Waals surface area contributed by atoms with E-state index in [1.165, 1.54) is 19.3 Å². The fourth-order valence-corrected chi connectivity index (χ4v) is 3.74. The Kier molecular flexibility index (Phi) is 4.82. The van der Waals surface area contributed by atoms with Crippen LogP contribution in [0.2, 0.25) is 0 Å². The van der Waals surface area contributed by atoms with Crippen LogP contribution >= 0.6 is 0 Å². The zero-order valence-corrected chi connectivity index (χ0v) is 12.0. The standard InChI is InChI=1S/C14H22N2O2S/c15-14-8-6-13(7-9-14)11-19(17,18)16-10-12-4-2-1-3-5-12/h6-9,12,16H,1-5,10-11,15H2. The molecular formula is C14H22N2O2S. The zero-order chi connectivity index (χ0) is 13.7. The second kappa shape index (κ2) is 6.39. The molecule has 0 amide bonds. The van der Waals surface area contributed by atoms with Gasteiger partial charge in [0.15, 0.2) is 0 Å². The van der Waals surface area contributed by atoms with Crippen LogP contribution in [-0.4, -0.2) is 15.0 Å². The predicted molar refractivity (Wildman–Crippen MR) is 78.1 cm³/mol. The first-order valence-electron chi connectivity index (χ1n) is 6.87. The Labute approximate surface area is 115 Å². The number of nitrogens with one attached hydrogen (secondary N) is 1. The van der Waals surface area contributed by atoms with Crippen molar-refractivity contribution in [2.45, 2.75) is 37.9 Å². The second-order valence-electron chi connectivity index (χ2n) is 5.35.